The molecule has 2 aliphatic carbocycles. The van der Waals surface area contributed by atoms with Crippen molar-refractivity contribution in [3.8, 4) is 0 Å². The van der Waals surface area contributed by atoms with Crippen molar-refractivity contribution in [2.75, 3.05) is 36.0 Å². The van der Waals surface area contributed by atoms with E-state index in [0.29, 0.717) is 34.3 Å². The maximum absolute atomic E-state index is 14.3. The number of likely N-dealkylation sites (tertiary alicyclic amines) is 2. The molecular formula is C60H64F10N10O2. The summed E-state index contributed by atoms with van der Waals surface area (Å²) >= 11 is 0. The van der Waals surface area contributed by atoms with E-state index < -0.39 is 59.0 Å². The minimum absolute atomic E-state index is 0.0101. The van der Waals surface area contributed by atoms with Crippen LogP contribution in [0.5, 0.6) is 0 Å². The van der Waals surface area contributed by atoms with E-state index >= 15 is 0 Å². The van der Waals surface area contributed by atoms with E-state index in [0.717, 1.165) is 60.6 Å². The number of amides is 2. The monoisotopic (exact) mass is 1150 g/mol. The second-order valence-corrected chi connectivity index (χ2v) is 24.2. The predicted octanol–water partition coefficient (Wildman–Crippen LogP) is 12.4. The molecule has 2 amide bonds. The van der Waals surface area contributed by atoms with Gasteiger partial charge in [0, 0.05) is 101 Å². The second-order valence-electron chi connectivity index (χ2n) is 24.2. The van der Waals surface area contributed by atoms with Gasteiger partial charge in [-0.1, -0.05) is 52.0 Å². The van der Waals surface area contributed by atoms with Crippen LogP contribution in [0.3, 0.4) is 0 Å². The zero-order chi connectivity index (χ0) is 58.6. The number of aromatic nitrogens is 6. The summed E-state index contributed by atoms with van der Waals surface area (Å²) in [6.07, 6.45) is -3.34. The van der Waals surface area contributed by atoms with Crippen LogP contribution in [0.25, 0.3) is 0 Å². The summed E-state index contributed by atoms with van der Waals surface area (Å²) in [5.41, 5.74) is 0.944. The lowest BCUT2D eigenvalue weighted by atomic mass is 9.58. The molecule has 0 spiro atoms. The number of fused-ring (bicyclic) bond motifs is 2. The molecule has 2 aromatic heterocycles. The Morgan fingerprint density at radius 3 is 1.24 bits per heavy atom. The van der Waals surface area contributed by atoms with E-state index in [9.17, 15) is 53.5 Å². The van der Waals surface area contributed by atoms with Crippen molar-refractivity contribution in [1.29, 1.82) is 0 Å². The van der Waals surface area contributed by atoms with E-state index in [4.69, 9.17) is 0 Å². The minimum Gasteiger partial charge on any atom is -0.320 e. The van der Waals surface area contributed by atoms with Gasteiger partial charge in [0.15, 0.2) is 0 Å². The Morgan fingerprint density at radius 2 is 0.927 bits per heavy atom. The number of anilines is 2. The SMILES string of the molecule is CC1CC(c2cccc(N3Cc4c(cc(CN5CCC(F)(F)[C@H](C)C5)cc4C(F)(F)F)C3=O)c2)(c2nncn2C)C1.CC1CC(c2cccc(N3Cc4c(cc(CN5CCC(F)(F)[C@H](C)C5)cc4C(F)(F)F)C3=O)c2)(c2nncn2C)C1. The summed E-state index contributed by atoms with van der Waals surface area (Å²) in [6, 6.07) is 20.0. The summed E-state index contributed by atoms with van der Waals surface area (Å²) in [6.45, 7) is 7.25. The van der Waals surface area contributed by atoms with Gasteiger partial charge in [-0.25, -0.2) is 17.6 Å². The van der Waals surface area contributed by atoms with Gasteiger partial charge in [-0.15, -0.1) is 20.4 Å². The Bertz CT molecular complexity index is 3210. The average molecular weight is 1150 g/mol. The molecular weight excluding hydrogens is 1080 g/mol. The largest absolute Gasteiger partial charge is 0.416 e. The van der Waals surface area contributed by atoms with Gasteiger partial charge in [0.05, 0.1) is 35.0 Å². The van der Waals surface area contributed by atoms with Gasteiger partial charge in [0.2, 0.25) is 0 Å². The first-order valence-corrected chi connectivity index (χ1v) is 27.8. The highest BCUT2D eigenvalue weighted by Gasteiger charge is 2.51. The van der Waals surface area contributed by atoms with Crippen LogP contribution in [0.4, 0.5) is 55.3 Å². The van der Waals surface area contributed by atoms with Crippen molar-refractivity contribution in [2.24, 2.45) is 37.8 Å². The number of carbonyl (C=O) groups excluding carboxylic acids is 2. The number of halogens is 10. The summed E-state index contributed by atoms with van der Waals surface area (Å²) in [5.74, 6) is -5.82. The molecule has 6 heterocycles. The van der Waals surface area contributed by atoms with Gasteiger partial charge in [-0.3, -0.25) is 19.4 Å². The van der Waals surface area contributed by atoms with Crippen LogP contribution >= 0.6 is 0 Å². The molecule has 436 valence electrons. The van der Waals surface area contributed by atoms with Crippen LogP contribution in [-0.2, 0) is 63.5 Å². The molecule has 2 saturated carbocycles. The molecule has 4 aromatic carbocycles. The van der Waals surface area contributed by atoms with Crippen LogP contribution < -0.4 is 9.80 Å². The van der Waals surface area contributed by atoms with Crippen LogP contribution in [-0.4, -0.2) is 89.2 Å². The topological polar surface area (TPSA) is 109 Å². The Morgan fingerprint density at radius 1 is 0.549 bits per heavy atom. The average Bonchev–Trinajstić information content (AvgIpc) is 2.23. The summed E-state index contributed by atoms with van der Waals surface area (Å²) in [7, 11) is 3.77. The van der Waals surface area contributed by atoms with Gasteiger partial charge < -0.3 is 18.9 Å². The fourth-order valence-electron chi connectivity index (χ4n) is 13.9. The zero-order valence-electron chi connectivity index (χ0n) is 46.4. The molecule has 12 rings (SSSR count). The zero-order valence-corrected chi connectivity index (χ0v) is 46.4. The van der Waals surface area contributed by atoms with Crippen molar-refractivity contribution in [3.63, 3.8) is 0 Å². The van der Waals surface area contributed by atoms with Crippen LogP contribution in [0.15, 0.2) is 85.5 Å². The lowest BCUT2D eigenvalue weighted by molar-refractivity contribution is -0.139. The van der Waals surface area contributed by atoms with E-state index in [2.05, 4.69) is 34.2 Å². The molecule has 82 heavy (non-hydrogen) atoms. The number of piperidine rings is 2. The highest BCUT2D eigenvalue weighted by molar-refractivity contribution is 6.11. The highest BCUT2D eigenvalue weighted by atomic mass is 19.4. The molecule has 6 aliphatic rings. The Hall–Kier alpha value is -6.68. The van der Waals surface area contributed by atoms with E-state index in [1.54, 1.807) is 34.6 Å². The number of hydrogen-bond acceptors (Lipinski definition) is 8. The summed E-state index contributed by atoms with van der Waals surface area (Å²) in [5, 5.41) is 16.8. The van der Waals surface area contributed by atoms with E-state index in [1.165, 1.54) is 35.8 Å². The molecule has 6 aromatic rings. The first kappa shape index (κ1) is 57.2. The van der Waals surface area contributed by atoms with E-state index in [-0.39, 0.29) is 98.3 Å². The maximum Gasteiger partial charge on any atom is 0.416 e. The Labute approximate surface area is 468 Å². The van der Waals surface area contributed by atoms with E-state index in [1.807, 2.05) is 59.6 Å². The van der Waals surface area contributed by atoms with Crippen molar-refractivity contribution in [3.05, 3.63) is 153 Å². The molecule has 0 radical (unpaired) electrons. The third-order valence-electron chi connectivity index (χ3n) is 18.1. The molecule has 12 nitrogen and oxygen atoms in total. The maximum atomic E-state index is 14.3. The van der Waals surface area contributed by atoms with Crippen molar-refractivity contribution < 1.29 is 53.5 Å². The number of hydrogen-bond donors (Lipinski definition) is 0. The molecule has 0 unspecified atom stereocenters. The lowest BCUT2D eigenvalue weighted by Crippen LogP contribution is -2.45. The molecule has 0 bridgehead atoms. The summed E-state index contributed by atoms with van der Waals surface area (Å²) < 4.78 is 145. The van der Waals surface area contributed by atoms with Crippen LogP contribution in [0.2, 0.25) is 0 Å². The molecule has 2 saturated heterocycles. The highest BCUT2D eigenvalue weighted by Crippen LogP contribution is 2.54. The lowest BCUT2D eigenvalue weighted by Gasteiger charge is -2.46. The second kappa shape index (κ2) is 20.6. The molecule has 4 aliphatic heterocycles. The van der Waals surface area contributed by atoms with Crippen LogP contribution in [0.1, 0.15) is 143 Å². The number of carbonyl (C=O) groups is 2. The quantitative estimate of drug-likeness (QED) is 0.125. The van der Waals surface area contributed by atoms with Crippen molar-refractivity contribution in [2.45, 2.75) is 127 Å². The smallest absolute Gasteiger partial charge is 0.320 e. The normalized spacial score (nSPS) is 26.2. The third-order valence-corrected chi connectivity index (χ3v) is 18.1. The summed E-state index contributed by atoms with van der Waals surface area (Å²) in [4.78, 5) is 33.6. The predicted molar refractivity (Wildman–Crippen MR) is 285 cm³/mol. The van der Waals surface area contributed by atoms with Gasteiger partial charge >= 0.3 is 12.4 Å². The Balaban J connectivity index is 0.000000172. The minimum atomic E-state index is -4.67. The van der Waals surface area contributed by atoms with Gasteiger partial charge in [-0.2, -0.15) is 26.3 Å². The van der Waals surface area contributed by atoms with Gasteiger partial charge in [0.1, 0.15) is 24.3 Å². The first-order valence-electron chi connectivity index (χ1n) is 27.8. The Kier molecular flexibility index (Phi) is 14.3. The number of rotatable bonds is 10. The van der Waals surface area contributed by atoms with Gasteiger partial charge in [0.25, 0.3) is 23.7 Å². The molecule has 4 fully saturated rings. The number of alkyl halides is 10. The van der Waals surface area contributed by atoms with Crippen molar-refractivity contribution >= 4 is 23.2 Å². The molecule has 2 atom stereocenters. The standard InChI is InChI=1S/2C30H32F5N5O/c2*1-18-12-28(13-18,27-37-36-17-38(27)3)21-5-4-6-22(11-21)40-16-24-23(26(40)41)9-20(10-25(24)30(33,34)35)15-39-8-7-29(31,32)19(2)14-39/h2*4-6,9-11,17-19H,7-8,12-16H2,1-3H3/t2*18?,19-,28?/m11/s1. The number of aryl methyl sites for hydroxylation is 2. The molecule has 22 heteroatoms. The first-order chi connectivity index (χ1) is 38.6. The van der Waals surface area contributed by atoms with Gasteiger partial charge in [-0.05, 0) is 119 Å². The fourth-order valence-corrected chi connectivity index (χ4v) is 13.9. The number of nitrogens with zero attached hydrogens (tertiary/aromatic N) is 10. The van der Waals surface area contributed by atoms with Crippen LogP contribution in [0, 0.1) is 23.7 Å². The molecule has 0 N–H and O–H groups in total. The fraction of sp³-hybridized carbons (Fsp3) is 0.500. The third kappa shape index (κ3) is 10.3. The van der Waals surface area contributed by atoms with Crippen molar-refractivity contribution in [1.82, 2.24) is 39.3 Å². The number of benzene rings is 4.